The number of nitrogens with zero attached hydrogens (tertiary/aromatic N) is 1. The second-order valence-corrected chi connectivity index (χ2v) is 3.37. The molecular weight excluding hydrogens is 188 g/mol. The summed E-state index contributed by atoms with van der Waals surface area (Å²) >= 11 is 0. The van der Waals surface area contributed by atoms with Gasteiger partial charge in [0.25, 0.3) is 0 Å². The van der Waals surface area contributed by atoms with E-state index in [2.05, 4.69) is 11.4 Å². The normalized spacial score (nSPS) is 12.1. The van der Waals surface area contributed by atoms with Crippen molar-refractivity contribution in [1.29, 1.82) is 5.26 Å². The Balaban J connectivity index is 2.67. The molecule has 0 aliphatic carbocycles. The third kappa shape index (κ3) is 3.35. The maximum atomic E-state index is 9.05. The largest absolute Gasteiger partial charge is 0.383 e. The van der Waals surface area contributed by atoms with Crippen molar-refractivity contribution < 1.29 is 4.74 Å². The number of nitrogens with one attached hydrogen (secondary N) is 1. The lowest BCUT2D eigenvalue weighted by atomic mass is 10.0. The third-order valence-electron chi connectivity index (χ3n) is 2.28. The van der Waals surface area contributed by atoms with E-state index in [1.54, 1.807) is 7.11 Å². The van der Waals surface area contributed by atoms with Crippen LogP contribution in [0.2, 0.25) is 0 Å². The molecule has 1 N–H and O–H groups in total. The Bertz CT molecular complexity index is 344. The van der Waals surface area contributed by atoms with Gasteiger partial charge in [-0.2, -0.15) is 5.26 Å². The molecule has 0 aliphatic rings. The molecule has 1 aromatic carbocycles. The number of benzene rings is 1. The fraction of sp³-hybridized carbons (Fsp3) is 0.417. The summed E-state index contributed by atoms with van der Waals surface area (Å²) in [5, 5.41) is 12.2. The van der Waals surface area contributed by atoms with Crippen LogP contribution in [0.25, 0.3) is 0 Å². The molecule has 80 valence electrons. The predicted octanol–water partition coefficient (Wildman–Crippen LogP) is 1.80. The standard InChI is InChI=1S/C12H16N2O/c1-10-5-3-4-6-11(10)12(9-13)14-7-8-15-2/h3-6,12,14H,7-8H2,1-2H3. The first kappa shape index (κ1) is 11.7. The van der Waals surface area contributed by atoms with Crippen molar-refractivity contribution in [2.24, 2.45) is 0 Å². The Morgan fingerprint density at radius 3 is 2.80 bits per heavy atom. The number of hydrogen-bond acceptors (Lipinski definition) is 3. The maximum absolute atomic E-state index is 9.05. The van der Waals surface area contributed by atoms with Crippen molar-refractivity contribution in [3.63, 3.8) is 0 Å². The van der Waals surface area contributed by atoms with Gasteiger partial charge >= 0.3 is 0 Å². The van der Waals surface area contributed by atoms with E-state index in [0.717, 1.165) is 11.1 Å². The molecule has 1 rings (SSSR count). The van der Waals surface area contributed by atoms with Crippen LogP contribution in [0.3, 0.4) is 0 Å². The molecule has 3 heteroatoms. The molecule has 0 fully saturated rings. The topological polar surface area (TPSA) is 45.0 Å². The smallest absolute Gasteiger partial charge is 0.121 e. The van der Waals surface area contributed by atoms with Gasteiger partial charge < -0.3 is 4.74 Å². The number of rotatable bonds is 5. The van der Waals surface area contributed by atoms with Crippen LogP contribution in [0.5, 0.6) is 0 Å². The van der Waals surface area contributed by atoms with E-state index in [-0.39, 0.29) is 6.04 Å². The fourth-order valence-electron chi connectivity index (χ4n) is 1.44. The van der Waals surface area contributed by atoms with E-state index in [1.807, 2.05) is 31.2 Å². The molecule has 0 saturated heterocycles. The summed E-state index contributed by atoms with van der Waals surface area (Å²) in [5.41, 5.74) is 2.17. The molecule has 1 atom stereocenters. The zero-order valence-electron chi connectivity index (χ0n) is 9.16. The quantitative estimate of drug-likeness (QED) is 0.744. The van der Waals surface area contributed by atoms with Gasteiger partial charge in [-0.15, -0.1) is 0 Å². The summed E-state index contributed by atoms with van der Waals surface area (Å²) in [4.78, 5) is 0. The van der Waals surface area contributed by atoms with Crippen LogP contribution < -0.4 is 5.32 Å². The number of methoxy groups -OCH3 is 1. The number of ether oxygens (including phenoxy) is 1. The average molecular weight is 204 g/mol. The Kier molecular flexibility index (Phi) is 4.82. The van der Waals surface area contributed by atoms with Crippen LogP contribution in [0.4, 0.5) is 0 Å². The molecule has 1 unspecified atom stereocenters. The Morgan fingerprint density at radius 2 is 2.20 bits per heavy atom. The Labute approximate surface area is 90.7 Å². The summed E-state index contributed by atoms with van der Waals surface area (Å²) in [6.45, 7) is 3.31. The van der Waals surface area contributed by atoms with Gasteiger partial charge in [-0.3, -0.25) is 5.32 Å². The van der Waals surface area contributed by atoms with Crippen molar-refractivity contribution in [2.45, 2.75) is 13.0 Å². The van der Waals surface area contributed by atoms with E-state index < -0.39 is 0 Å². The van der Waals surface area contributed by atoms with Crippen LogP contribution in [0, 0.1) is 18.3 Å². The number of hydrogen-bond donors (Lipinski definition) is 1. The summed E-state index contributed by atoms with van der Waals surface area (Å²) in [5.74, 6) is 0. The van der Waals surface area contributed by atoms with Crippen molar-refractivity contribution >= 4 is 0 Å². The minimum atomic E-state index is -0.249. The van der Waals surface area contributed by atoms with Gasteiger partial charge in [-0.25, -0.2) is 0 Å². The van der Waals surface area contributed by atoms with E-state index in [4.69, 9.17) is 10.00 Å². The van der Waals surface area contributed by atoms with Crippen LogP contribution in [0.1, 0.15) is 17.2 Å². The van der Waals surface area contributed by atoms with E-state index in [1.165, 1.54) is 0 Å². The molecule has 3 nitrogen and oxygen atoms in total. The highest BCUT2D eigenvalue weighted by molar-refractivity contribution is 5.32. The van der Waals surface area contributed by atoms with E-state index in [0.29, 0.717) is 13.2 Å². The molecule has 0 bridgehead atoms. The first-order valence-electron chi connectivity index (χ1n) is 4.97. The summed E-state index contributed by atoms with van der Waals surface area (Å²) in [6, 6.07) is 9.91. The van der Waals surface area contributed by atoms with Crippen LogP contribution in [0.15, 0.2) is 24.3 Å². The predicted molar refractivity (Wildman–Crippen MR) is 59.4 cm³/mol. The van der Waals surface area contributed by atoms with Gasteiger partial charge in [0.2, 0.25) is 0 Å². The maximum Gasteiger partial charge on any atom is 0.121 e. The lowest BCUT2D eigenvalue weighted by Gasteiger charge is -2.13. The minimum Gasteiger partial charge on any atom is -0.383 e. The molecule has 0 aliphatic heterocycles. The zero-order chi connectivity index (χ0) is 11.1. The summed E-state index contributed by atoms with van der Waals surface area (Å²) in [7, 11) is 1.65. The van der Waals surface area contributed by atoms with Crippen molar-refractivity contribution in [2.75, 3.05) is 20.3 Å². The summed E-state index contributed by atoms with van der Waals surface area (Å²) < 4.78 is 4.93. The first-order chi connectivity index (χ1) is 7.29. The molecule has 15 heavy (non-hydrogen) atoms. The van der Waals surface area contributed by atoms with Gasteiger partial charge in [0.05, 0.1) is 12.7 Å². The van der Waals surface area contributed by atoms with Gasteiger partial charge in [0.1, 0.15) is 6.04 Å². The highest BCUT2D eigenvalue weighted by Crippen LogP contribution is 2.16. The van der Waals surface area contributed by atoms with E-state index in [9.17, 15) is 0 Å². The van der Waals surface area contributed by atoms with Crippen molar-refractivity contribution in [3.8, 4) is 6.07 Å². The number of aryl methyl sites for hydroxylation is 1. The lowest BCUT2D eigenvalue weighted by molar-refractivity contribution is 0.198. The average Bonchev–Trinajstić information content (AvgIpc) is 2.26. The van der Waals surface area contributed by atoms with Crippen LogP contribution in [-0.2, 0) is 4.74 Å². The molecule has 0 radical (unpaired) electrons. The Hall–Kier alpha value is -1.37. The van der Waals surface area contributed by atoms with E-state index >= 15 is 0 Å². The van der Waals surface area contributed by atoms with Gasteiger partial charge in [-0.05, 0) is 18.1 Å². The monoisotopic (exact) mass is 204 g/mol. The minimum absolute atomic E-state index is 0.249. The highest BCUT2D eigenvalue weighted by atomic mass is 16.5. The first-order valence-corrected chi connectivity index (χ1v) is 4.97. The van der Waals surface area contributed by atoms with Crippen LogP contribution in [-0.4, -0.2) is 20.3 Å². The molecule has 0 spiro atoms. The molecule has 1 aromatic rings. The second-order valence-electron chi connectivity index (χ2n) is 3.37. The molecule has 0 aromatic heterocycles. The number of nitriles is 1. The second kappa shape index (κ2) is 6.18. The molecule has 0 saturated carbocycles. The fourth-order valence-corrected chi connectivity index (χ4v) is 1.44. The molecule has 0 heterocycles. The van der Waals surface area contributed by atoms with Gasteiger partial charge in [-0.1, -0.05) is 24.3 Å². The Morgan fingerprint density at radius 1 is 1.47 bits per heavy atom. The van der Waals surface area contributed by atoms with Crippen molar-refractivity contribution in [3.05, 3.63) is 35.4 Å². The lowest BCUT2D eigenvalue weighted by Crippen LogP contribution is -2.24. The molecular formula is C12H16N2O. The van der Waals surface area contributed by atoms with Crippen molar-refractivity contribution in [1.82, 2.24) is 5.32 Å². The van der Waals surface area contributed by atoms with Gasteiger partial charge in [0, 0.05) is 13.7 Å². The molecule has 0 amide bonds. The highest BCUT2D eigenvalue weighted by Gasteiger charge is 2.10. The zero-order valence-corrected chi connectivity index (χ0v) is 9.16. The summed E-state index contributed by atoms with van der Waals surface area (Å²) in [6.07, 6.45) is 0. The van der Waals surface area contributed by atoms with Gasteiger partial charge in [0.15, 0.2) is 0 Å². The third-order valence-corrected chi connectivity index (χ3v) is 2.28. The SMILES string of the molecule is COCCNC(C#N)c1ccccc1C. The van der Waals surface area contributed by atoms with Crippen LogP contribution >= 0.6 is 0 Å².